The number of non-ortho nitro benzene ring substituents is 1. The molecule has 1 amide bonds. The molecule has 2 N–H and O–H groups in total. The van der Waals surface area contributed by atoms with Gasteiger partial charge >= 0.3 is 6.18 Å². The van der Waals surface area contributed by atoms with Crippen LogP contribution in [0.3, 0.4) is 0 Å². The van der Waals surface area contributed by atoms with Crippen molar-refractivity contribution in [1.29, 1.82) is 0 Å². The number of nitrogens with one attached hydrogen (secondary N) is 2. The Kier molecular flexibility index (Phi) is 6.94. The van der Waals surface area contributed by atoms with Crippen molar-refractivity contribution >= 4 is 17.3 Å². The van der Waals surface area contributed by atoms with Crippen molar-refractivity contribution in [3.63, 3.8) is 0 Å². The van der Waals surface area contributed by atoms with Crippen molar-refractivity contribution in [2.45, 2.75) is 19.3 Å². The molecule has 0 aliphatic heterocycles. The fourth-order valence-electron chi connectivity index (χ4n) is 2.37. The van der Waals surface area contributed by atoms with Gasteiger partial charge in [-0.25, -0.2) is 0 Å². The molecule has 0 saturated carbocycles. The van der Waals surface area contributed by atoms with E-state index >= 15 is 0 Å². The summed E-state index contributed by atoms with van der Waals surface area (Å²) in [6.45, 7) is -1.35. The van der Waals surface area contributed by atoms with Crippen LogP contribution >= 0.6 is 0 Å². The van der Waals surface area contributed by atoms with Gasteiger partial charge < -0.3 is 15.4 Å². The van der Waals surface area contributed by atoms with Gasteiger partial charge in [-0.1, -0.05) is 24.3 Å². The predicted molar refractivity (Wildman–Crippen MR) is 96.0 cm³/mol. The van der Waals surface area contributed by atoms with Gasteiger partial charge in [-0.05, 0) is 17.2 Å². The maximum atomic E-state index is 12.4. The molecule has 0 unspecified atom stereocenters. The maximum absolute atomic E-state index is 12.4. The van der Waals surface area contributed by atoms with Gasteiger partial charge in [-0.3, -0.25) is 14.9 Å². The van der Waals surface area contributed by atoms with Gasteiger partial charge in [0.25, 0.3) is 11.6 Å². The number of hydrogen-bond acceptors (Lipinski definition) is 5. The molecule has 0 fully saturated rings. The smallest absolute Gasteiger partial charge is 0.387 e. The first-order valence-electron chi connectivity index (χ1n) is 8.16. The van der Waals surface area contributed by atoms with Gasteiger partial charge in [0.15, 0.2) is 0 Å². The lowest BCUT2D eigenvalue weighted by atomic mass is 10.1. The van der Waals surface area contributed by atoms with Crippen LogP contribution in [0.4, 0.5) is 24.5 Å². The van der Waals surface area contributed by atoms with E-state index < -0.39 is 23.6 Å². The minimum absolute atomic E-state index is 0.133. The summed E-state index contributed by atoms with van der Waals surface area (Å²) in [5, 5.41) is 16.4. The number of anilines is 1. The molecule has 0 bridgehead atoms. The lowest BCUT2D eigenvalue weighted by Gasteiger charge is -2.11. The highest BCUT2D eigenvalue weighted by Gasteiger charge is 2.27. The maximum Gasteiger partial charge on any atom is 0.411 e. The highest BCUT2D eigenvalue weighted by molar-refractivity contribution is 6.00. The van der Waals surface area contributed by atoms with Gasteiger partial charge in [0.1, 0.15) is 6.61 Å². The number of nitrogens with zero attached hydrogens (tertiary/aromatic N) is 1. The number of amides is 1. The molecule has 28 heavy (non-hydrogen) atoms. The normalized spacial score (nSPS) is 11.1. The number of hydrogen-bond donors (Lipinski definition) is 2. The molecule has 0 heterocycles. The molecule has 7 nitrogen and oxygen atoms in total. The number of ether oxygens (including phenoxy) is 1. The van der Waals surface area contributed by atoms with E-state index in [0.717, 1.165) is 0 Å². The van der Waals surface area contributed by atoms with Crippen LogP contribution in [0.5, 0.6) is 0 Å². The largest absolute Gasteiger partial charge is 0.411 e. The summed E-state index contributed by atoms with van der Waals surface area (Å²) in [5.41, 5.74) is 1.65. The minimum atomic E-state index is -4.37. The number of nitro benzene ring substituents is 1. The van der Waals surface area contributed by atoms with Crippen LogP contribution in [0.2, 0.25) is 0 Å². The summed E-state index contributed by atoms with van der Waals surface area (Å²) in [6.07, 6.45) is -4.37. The lowest BCUT2D eigenvalue weighted by molar-refractivity contribution is -0.384. The van der Waals surface area contributed by atoms with Crippen molar-refractivity contribution in [2.24, 2.45) is 0 Å². The molecular formula is C18H18F3N3O4. The fraction of sp³-hybridized carbons (Fsp3) is 0.278. The summed E-state index contributed by atoms with van der Waals surface area (Å²) in [4.78, 5) is 22.7. The molecule has 0 aliphatic rings. The molecule has 0 aliphatic carbocycles. The number of carbonyl (C=O) groups is 1. The van der Waals surface area contributed by atoms with Gasteiger partial charge in [-0.15, -0.1) is 0 Å². The van der Waals surface area contributed by atoms with E-state index in [0.29, 0.717) is 16.8 Å². The monoisotopic (exact) mass is 397 g/mol. The standard InChI is InChI=1S/C18H18F3N3O4/c1-22-16-7-6-14(24(26)27)8-15(16)17(25)23-9-12-2-4-13(5-3-12)10-28-11-18(19,20)21/h2-8,22H,9-11H2,1H3,(H,23,25). The first kappa shape index (κ1) is 21.2. The first-order chi connectivity index (χ1) is 13.2. The van der Waals surface area contributed by atoms with E-state index in [-0.39, 0.29) is 24.4 Å². The second-order valence-corrected chi connectivity index (χ2v) is 5.84. The summed E-state index contributed by atoms with van der Waals surface area (Å²) in [5.74, 6) is -0.495. The van der Waals surface area contributed by atoms with E-state index in [1.165, 1.54) is 18.2 Å². The van der Waals surface area contributed by atoms with Crippen LogP contribution in [-0.2, 0) is 17.9 Å². The molecule has 10 heteroatoms. The number of alkyl halides is 3. The van der Waals surface area contributed by atoms with Crippen molar-refractivity contribution in [1.82, 2.24) is 5.32 Å². The molecule has 0 atom stereocenters. The molecule has 0 radical (unpaired) electrons. The lowest BCUT2D eigenvalue weighted by Crippen LogP contribution is -2.23. The predicted octanol–water partition coefficient (Wildman–Crippen LogP) is 3.65. The molecule has 0 aromatic heterocycles. The van der Waals surface area contributed by atoms with Crippen LogP contribution in [0, 0.1) is 10.1 Å². The summed E-state index contributed by atoms with van der Waals surface area (Å²) >= 11 is 0. The topological polar surface area (TPSA) is 93.5 Å². The Labute approximate surface area is 158 Å². The summed E-state index contributed by atoms with van der Waals surface area (Å²) in [6, 6.07) is 10.4. The van der Waals surface area contributed by atoms with Crippen molar-refractivity contribution < 1.29 is 27.6 Å². The third-order valence-electron chi connectivity index (χ3n) is 3.74. The number of benzene rings is 2. The van der Waals surface area contributed by atoms with Crippen molar-refractivity contribution in [2.75, 3.05) is 19.0 Å². The Balaban J connectivity index is 1.96. The average molecular weight is 397 g/mol. The van der Waals surface area contributed by atoms with Crippen LogP contribution < -0.4 is 10.6 Å². The van der Waals surface area contributed by atoms with E-state index in [2.05, 4.69) is 15.4 Å². The molecule has 0 spiro atoms. The number of rotatable bonds is 8. The second kappa shape index (κ2) is 9.18. The van der Waals surface area contributed by atoms with Crippen LogP contribution in [0.1, 0.15) is 21.5 Å². The van der Waals surface area contributed by atoms with Gasteiger partial charge in [0.2, 0.25) is 0 Å². The first-order valence-corrected chi connectivity index (χ1v) is 8.16. The second-order valence-electron chi connectivity index (χ2n) is 5.84. The quantitative estimate of drug-likeness (QED) is 0.524. The SMILES string of the molecule is CNc1ccc([N+](=O)[O-])cc1C(=O)NCc1ccc(COCC(F)(F)F)cc1. The Bertz CT molecular complexity index is 839. The molecule has 150 valence electrons. The molecule has 2 aromatic carbocycles. The molecule has 2 rings (SSSR count). The van der Waals surface area contributed by atoms with Crippen molar-refractivity contribution in [3.8, 4) is 0 Å². The molecular weight excluding hydrogens is 379 g/mol. The number of nitro groups is 1. The third kappa shape index (κ3) is 6.23. The Morgan fingerprint density at radius 1 is 1.14 bits per heavy atom. The number of carbonyl (C=O) groups excluding carboxylic acids is 1. The Morgan fingerprint density at radius 3 is 2.36 bits per heavy atom. The van der Waals surface area contributed by atoms with Crippen LogP contribution in [0.15, 0.2) is 42.5 Å². The molecule has 2 aromatic rings. The van der Waals surface area contributed by atoms with E-state index in [1.54, 1.807) is 31.3 Å². The van der Waals surface area contributed by atoms with Crippen LogP contribution in [0.25, 0.3) is 0 Å². The number of halogens is 3. The summed E-state index contributed by atoms with van der Waals surface area (Å²) < 4.78 is 40.7. The average Bonchev–Trinajstić information content (AvgIpc) is 2.65. The fourth-order valence-corrected chi connectivity index (χ4v) is 2.37. The minimum Gasteiger partial charge on any atom is -0.387 e. The highest BCUT2D eigenvalue weighted by atomic mass is 19.4. The van der Waals surface area contributed by atoms with Crippen LogP contribution in [-0.4, -0.2) is 30.7 Å². The zero-order valence-corrected chi connectivity index (χ0v) is 14.9. The highest BCUT2D eigenvalue weighted by Crippen LogP contribution is 2.22. The zero-order valence-electron chi connectivity index (χ0n) is 14.9. The van der Waals surface area contributed by atoms with Crippen molar-refractivity contribution in [3.05, 3.63) is 69.3 Å². The Hall–Kier alpha value is -3.14. The van der Waals surface area contributed by atoms with Gasteiger partial charge in [-0.2, -0.15) is 13.2 Å². The Morgan fingerprint density at radius 2 is 1.79 bits per heavy atom. The molecule has 0 saturated heterocycles. The van der Waals surface area contributed by atoms with E-state index in [4.69, 9.17) is 0 Å². The van der Waals surface area contributed by atoms with E-state index in [9.17, 15) is 28.1 Å². The van der Waals surface area contributed by atoms with E-state index in [1.807, 2.05) is 0 Å². The van der Waals surface area contributed by atoms with Gasteiger partial charge in [0, 0.05) is 31.4 Å². The zero-order chi connectivity index (χ0) is 20.7. The third-order valence-corrected chi connectivity index (χ3v) is 3.74. The van der Waals surface area contributed by atoms with Gasteiger partial charge in [0.05, 0.1) is 17.1 Å². The summed E-state index contributed by atoms with van der Waals surface area (Å²) in [7, 11) is 1.59.